The van der Waals surface area contributed by atoms with Crippen LogP contribution in [0.5, 0.6) is 11.6 Å². The van der Waals surface area contributed by atoms with E-state index in [-0.39, 0.29) is 0 Å². The Morgan fingerprint density at radius 1 is 1.12 bits per heavy atom. The molecule has 0 saturated heterocycles. The maximum atomic E-state index is 14.5. The quantitative estimate of drug-likeness (QED) is 0.635. The van der Waals surface area contributed by atoms with Gasteiger partial charge in [0, 0.05) is 18.2 Å². The maximum Gasteiger partial charge on any atom is 0.425 e. The maximum absolute atomic E-state index is 14.5. The van der Waals surface area contributed by atoms with Gasteiger partial charge in [-0.1, -0.05) is 0 Å². The molecule has 2 aromatic rings. The summed E-state index contributed by atoms with van der Waals surface area (Å²) >= 11 is 0. The average Bonchev–Trinajstić information content (AvgIpc) is 2.68. The summed E-state index contributed by atoms with van der Waals surface area (Å²) in [5, 5.41) is 0. The smallest absolute Gasteiger partial charge is 0.425 e. The molecule has 5 nitrogen and oxygen atoms in total. The predicted molar refractivity (Wildman–Crippen MR) is 90.5 cm³/mol. The van der Waals surface area contributed by atoms with E-state index in [1.54, 1.807) is 0 Å². The molecule has 174 valence electrons. The Labute approximate surface area is 173 Å². The van der Waals surface area contributed by atoms with Crippen LogP contribution in [0.25, 0.3) is 0 Å². The van der Waals surface area contributed by atoms with E-state index in [4.69, 9.17) is 10.5 Å². The van der Waals surface area contributed by atoms with Gasteiger partial charge in [0.15, 0.2) is 11.9 Å². The minimum atomic E-state index is -5.07. The Bertz CT molecular complexity index is 1040. The fourth-order valence-electron chi connectivity index (χ4n) is 3.04. The lowest BCUT2D eigenvalue weighted by Gasteiger charge is -2.36. The normalized spacial score (nSPS) is 21.7. The number of nitrogens with two attached hydrogens (primary N) is 1. The molecule has 0 saturated carbocycles. The highest BCUT2D eigenvalue weighted by molar-refractivity contribution is 5.73. The van der Waals surface area contributed by atoms with Crippen molar-refractivity contribution in [2.75, 3.05) is 6.67 Å². The van der Waals surface area contributed by atoms with Crippen LogP contribution in [0.2, 0.25) is 0 Å². The Kier molecular flexibility index (Phi) is 5.91. The minimum Gasteiger partial charge on any atom is -0.452 e. The van der Waals surface area contributed by atoms with Crippen LogP contribution in [0.15, 0.2) is 35.5 Å². The second-order valence-electron chi connectivity index (χ2n) is 6.69. The molecule has 32 heavy (non-hydrogen) atoms. The number of halogens is 9. The standard InChI is InChI=1S/C18H12F9N3O2/c19-7-16(6-12(18(25,26)27)32-15(28)30-16)10-5-8(1-2-11(10)20)31-14-13(21)9(3-4-29-14)17(22,23)24/h1-5,12H,6-7H2,(H2,28,30). The fourth-order valence-corrected chi connectivity index (χ4v) is 3.04. The number of hydrogen-bond donors (Lipinski definition) is 1. The average molecular weight is 473 g/mol. The first-order chi connectivity index (χ1) is 14.8. The third-order valence-corrected chi connectivity index (χ3v) is 4.51. The third kappa shape index (κ3) is 4.53. The molecule has 14 heteroatoms. The number of aromatic nitrogens is 1. The molecule has 1 aliphatic rings. The summed E-state index contributed by atoms with van der Waals surface area (Å²) in [4.78, 5) is 6.83. The molecule has 1 aliphatic heterocycles. The Hall–Kier alpha value is -3.19. The van der Waals surface area contributed by atoms with Crippen LogP contribution < -0.4 is 10.5 Å². The van der Waals surface area contributed by atoms with Crippen LogP contribution >= 0.6 is 0 Å². The van der Waals surface area contributed by atoms with E-state index >= 15 is 0 Å². The van der Waals surface area contributed by atoms with Gasteiger partial charge in [0.05, 0.1) is 5.56 Å². The molecule has 0 fully saturated rings. The molecule has 3 rings (SSSR count). The van der Waals surface area contributed by atoms with Crippen molar-refractivity contribution in [3.05, 3.63) is 53.2 Å². The van der Waals surface area contributed by atoms with Crippen LogP contribution in [-0.2, 0) is 16.5 Å². The zero-order valence-corrected chi connectivity index (χ0v) is 15.6. The van der Waals surface area contributed by atoms with Crippen LogP contribution in [0.3, 0.4) is 0 Å². The number of hydrogen-bond acceptors (Lipinski definition) is 5. The number of nitrogens with zero attached hydrogens (tertiary/aromatic N) is 2. The van der Waals surface area contributed by atoms with Gasteiger partial charge in [0.2, 0.25) is 0 Å². The molecule has 2 N–H and O–H groups in total. The van der Waals surface area contributed by atoms with Gasteiger partial charge in [-0.25, -0.2) is 23.1 Å². The van der Waals surface area contributed by atoms with Crippen LogP contribution in [0.4, 0.5) is 39.5 Å². The molecular formula is C18H12F9N3O2. The molecule has 1 aromatic carbocycles. The lowest BCUT2D eigenvalue weighted by Crippen LogP contribution is -2.48. The summed E-state index contributed by atoms with van der Waals surface area (Å²) in [5.41, 5.74) is 0.307. The van der Waals surface area contributed by atoms with Crippen molar-refractivity contribution in [2.45, 2.75) is 30.4 Å². The number of alkyl halides is 7. The summed E-state index contributed by atoms with van der Waals surface area (Å²) < 4.78 is 130. The van der Waals surface area contributed by atoms with Gasteiger partial charge in [0.25, 0.3) is 11.9 Å². The van der Waals surface area contributed by atoms with Gasteiger partial charge >= 0.3 is 12.4 Å². The van der Waals surface area contributed by atoms with Gasteiger partial charge in [-0.2, -0.15) is 26.3 Å². The topological polar surface area (TPSA) is 69.7 Å². The molecule has 2 unspecified atom stereocenters. The van der Waals surface area contributed by atoms with E-state index in [1.807, 2.05) is 0 Å². The van der Waals surface area contributed by atoms with E-state index in [9.17, 15) is 39.5 Å². The van der Waals surface area contributed by atoms with Crippen LogP contribution in [-0.4, -0.2) is 30.0 Å². The second-order valence-corrected chi connectivity index (χ2v) is 6.69. The van der Waals surface area contributed by atoms with Crippen LogP contribution in [0.1, 0.15) is 17.5 Å². The highest BCUT2D eigenvalue weighted by atomic mass is 19.4. The van der Waals surface area contributed by atoms with Crippen molar-refractivity contribution in [1.29, 1.82) is 0 Å². The lowest BCUT2D eigenvalue weighted by molar-refractivity contribution is -0.209. The molecule has 0 aliphatic carbocycles. The number of rotatable bonds is 4. The van der Waals surface area contributed by atoms with Crippen molar-refractivity contribution >= 4 is 6.02 Å². The largest absolute Gasteiger partial charge is 0.452 e. The van der Waals surface area contributed by atoms with Crippen molar-refractivity contribution < 1.29 is 49.0 Å². The summed E-state index contributed by atoms with van der Waals surface area (Å²) in [6.45, 7) is -1.64. The Morgan fingerprint density at radius 2 is 1.81 bits per heavy atom. The van der Waals surface area contributed by atoms with Crippen LogP contribution in [0, 0.1) is 11.6 Å². The molecule has 0 radical (unpaired) electrons. The van der Waals surface area contributed by atoms with Gasteiger partial charge in [0.1, 0.15) is 23.8 Å². The first-order valence-corrected chi connectivity index (χ1v) is 8.61. The van der Waals surface area contributed by atoms with E-state index in [0.717, 1.165) is 6.07 Å². The van der Waals surface area contributed by atoms with E-state index in [2.05, 4.69) is 14.7 Å². The number of ether oxygens (including phenoxy) is 2. The summed E-state index contributed by atoms with van der Waals surface area (Å²) in [7, 11) is 0. The van der Waals surface area contributed by atoms with Gasteiger partial charge in [-0.15, -0.1) is 0 Å². The molecule has 2 atom stereocenters. The lowest BCUT2D eigenvalue weighted by atomic mass is 9.84. The second kappa shape index (κ2) is 8.06. The highest BCUT2D eigenvalue weighted by Crippen LogP contribution is 2.43. The molecule has 1 aromatic heterocycles. The number of aliphatic imine (C=N–C) groups is 1. The number of pyridine rings is 1. The number of benzene rings is 1. The molecular weight excluding hydrogens is 461 g/mol. The SMILES string of the molecule is NC1=NC(CF)(c2cc(Oc3nccc(C(F)(F)F)c3F)ccc2F)CC(C(F)(F)F)O1. The summed E-state index contributed by atoms with van der Waals surface area (Å²) in [5.74, 6) is -4.78. The molecule has 2 heterocycles. The zero-order chi connectivity index (χ0) is 23.9. The van der Waals surface area contributed by atoms with Gasteiger partial charge in [-0.3, -0.25) is 0 Å². The predicted octanol–water partition coefficient (Wildman–Crippen LogP) is 5.00. The molecule has 0 bridgehead atoms. The number of amidine groups is 1. The highest BCUT2D eigenvalue weighted by Gasteiger charge is 2.52. The zero-order valence-electron chi connectivity index (χ0n) is 15.6. The van der Waals surface area contributed by atoms with E-state index in [1.165, 1.54) is 0 Å². The minimum absolute atomic E-state index is 0.354. The summed E-state index contributed by atoms with van der Waals surface area (Å²) in [6, 6.07) is 1.45. The van der Waals surface area contributed by atoms with Gasteiger partial charge < -0.3 is 15.2 Å². The third-order valence-electron chi connectivity index (χ3n) is 4.51. The van der Waals surface area contributed by atoms with E-state index in [0.29, 0.717) is 24.4 Å². The van der Waals surface area contributed by atoms with E-state index < -0.39 is 77.5 Å². The first-order valence-electron chi connectivity index (χ1n) is 8.61. The Morgan fingerprint density at radius 3 is 2.41 bits per heavy atom. The van der Waals surface area contributed by atoms with Crippen molar-refractivity contribution in [3.8, 4) is 11.6 Å². The Balaban J connectivity index is 2.04. The van der Waals surface area contributed by atoms with Gasteiger partial charge in [-0.05, 0) is 24.3 Å². The summed E-state index contributed by atoms with van der Waals surface area (Å²) in [6.07, 6.45) is -13.3. The fraction of sp³-hybridized carbons (Fsp3) is 0.333. The first kappa shape index (κ1) is 23.5. The van der Waals surface area contributed by atoms with Crippen molar-refractivity contribution in [2.24, 2.45) is 10.7 Å². The monoisotopic (exact) mass is 473 g/mol. The van der Waals surface area contributed by atoms with Crippen molar-refractivity contribution in [3.63, 3.8) is 0 Å². The molecule has 0 amide bonds. The molecule has 0 spiro atoms. The van der Waals surface area contributed by atoms with Crippen molar-refractivity contribution in [1.82, 2.24) is 4.98 Å².